The molecule has 0 unspecified atom stereocenters. The minimum absolute atomic E-state index is 0.312. The molecule has 0 saturated heterocycles. The summed E-state index contributed by atoms with van der Waals surface area (Å²) >= 11 is 0. The van der Waals surface area contributed by atoms with Crippen LogP contribution in [0.5, 0.6) is 11.5 Å². The van der Waals surface area contributed by atoms with Crippen LogP contribution in [0.2, 0.25) is 0 Å². The lowest BCUT2D eigenvalue weighted by atomic mass is 10.2. The summed E-state index contributed by atoms with van der Waals surface area (Å²) in [7, 11) is 0. The largest absolute Gasteiger partial charge is 0.454 e. The molecule has 6 heteroatoms. The molecule has 0 atom stereocenters. The Balaban J connectivity index is 1.56. The molecule has 106 valence electrons. The predicted octanol–water partition coefficient (Wildman–Crippen LogP) is 1.71. The number of benzene rings is 1. The van der Waals surface area contributed by atoms with E-state index in [1.165, 1.54) is 0 Å². The van der Waals surface area contributed by atoms with Crippen molar-refractivity contribution < 1.29 is 9.47 Å². The van der Waals surface area contributed by atoms with Gasteiger partial charge in [0.1, 0.15) is 12.2 Å². The van der Waals surface area contributed by atoms with Crippen LogP contribution in [0.25, 0.3) is 0 Å². The summed E-state index contributed by atoms with van der Waals surface area (Å²) in [5.74, 6) is 2.60. The van der Waals surface area contributed by atoms with Crippen LogP contribution in [0.1, 0.15) is 24.7 Å². The van der Waals surface area contributed by atoms with Crippen LogP contribution in [0.15, 0.2) is 24.5 Å². The fourth-order valence-electron chi connectivity index (χ4n) is 2.19. The number of hydrogen-bond acceptors (Lipinski definition) is 5. The van der Waals surface area contributed by atoms with E-state index in [1.54, 1.807) is 6.33 Å². The Morgan fingerprint density at radius 1 is 1.25 bits per heavy atom. The molecule has 2 heterocycles. The lowest BCUT2D eigenvalue weighted by Crippen LogP contribution is -2.17. The minimum Gasteiger partial charge on any atom is -0.454 e. The standard InChI is InChI=1S/C14H18N4O2/c1-2-5-18-14(16-9-17-18)8-15-7-11-3-4-12-13(6-11)20-10-19-12/h3-4,6,9,15H,2,5,7-8,10H2,1H3. The molecule has 0 saturated carbocycles. The van der Waals surface area contributed by atoms with Gasteiger partial charge in [-0.1, -0.05) is 13.0 Å². The van der Waals surface area contributed by atoms with Crippen LogP contribution in [-0.2, 0) is 19.6 Å². The quantitative estimate of drug-likeness (QED) is 0.869. The molecule has 1 aromatic carbocycles. The predicted molar refractivity (Wildman–Crippen MR) is 73.4 cm³/mol. The van der Waals surface area contributed by atoms with Gasteiger partial charge in [-0.3, -0.25) is 0 Å². The maximum Gasteiger partial charge on any atom is 0.231 e. The number of nitrogens with one attached hydrogen (secondary N) is 1. The van der Waals surface area contributed by atoms with Crippen LogP contribution >= 0.6 is 0 Å². The monoisotopic (exact) mass is 274 g/mol. The van der Waals surface area contributed by atoms with E-state index in [4.69, 9.17) is 9.47 Å². The molecule has 1 aliphatic rings. The summed E-state index contributed by atoms with van der Waals surface area (Å²) in [5, 5.41) is 7.58. The van der Waals surface area contributed by atoms with Crippen molar-refractivity contribution in [2.24, 2.45) is 0 Å². The van der Waals surface area contributed by atoms with Gasteiger partial charge in [-0.25, -0.2) is 9.67 Å². The number of rotatable bonds is 6. The second-order valence-electron chi connectivity index (χ2n) is 4.69. The Labute approximate surface area is 117 Å². The molecule has 0 aliphatic carbocycles. The van der Waals surface area contributed by atoms with Gasteiger partial charge < -0.3 is 14.8 Å². The Hall–Kier alpha value is -2.08. The molecule has 3 rings (SSSR count). The third-order valence-electron chi connectivity index (χ3n) is 3.18. The molecule has 2 aromatic rings. The molecule has 1 N–H and O–H groups in total. The zero-order valence-electron chi connectivity index (χ0n) is 11.5. The SMILES string of the molecule is CCCn1ncnc1CNCc1ccc2c(c1)OCO2. The highest BCUT2D eigenvalue weighted by Crippen LogP contribution is 2.32. The van der Waals surface area contributed by atoms with Crippen molar-refractivity contribution in [2.75, 3.05) is 6.79 Å². The van der Waals surface area contributed by atoms with E-state index < -0.39 is 0 Å². The van der Waals surface area contributed by atoms with Crippen molar-refractivity contribution in [2.45, 2.75) is 33.0 Å². The number of nitrogens with zero attached hydrogens (tertiary/aromatic N) is 3. The van der Waals surface area contributed by atoms with Gasteiger partial charge in [-0.15, -0.1) is 0 Å². The third kappa shape index (κ3) is 2.75. The van der Waals surface area contributed by atoms with Crippen LogP contribution in [-0.4, -0.2) is 21.6 Å². The average molecular weight is 274 g/mol. The van der Waals surface area contributed by atoms with Crippen LogP contribution < -0.4 is 14.8 Å². The van der Waals surface area contributed by atoms with Crippen molar-refractivity contribution in [3.8, 4) is 11.5 Å². The lowest BCUT2D eigenvalue weighted by molar-refractivity contribution is 0.174. The second-order valence-corrected chi connectivity index (χ2v) is 4.69. The number of ether oxygens (including phenoxy) is 2. The lowest BCUT2D eigenvalue weighted by Gasteiger charge is -2.07. The van der Waals surface area contributed by atoms with Crippen molar-refractivity contribution in [1.29, 1.82) is 0 Å². The molecule has 0 radical (unpaired) electrons. The normalized spacial score (nSPS) is 12.8. The molecule has 1 aromatic heterocycles. The minimum atomic E-state index is 0.312. The van der Waals surface area contributed by atoms with Crippen LogP contribution in [0.3, 0.4) is 0 Å². The molecule has 0 fully saturated rings. The van der Waals surface area contributed by atoms with Gasteiger partial charge in [0.2, 0.25) is 6.79 Å². The molecule has 20 heavy (non-hydrogen) atoms. The summed E-state index contributed by atoms with van der Waals surface area (Å²) < 4.78 is 12.6. The average Bonchev–Trinajstić information content (AvgIpc) is 3.08. The Kier molecular flexibility index (Phi) is 3.83. The number of aromatic nitrogens is 3. The molecular weight excluding hydrogens is 256 g/mol. The van der Waals surface area contributed by atoms with Crippen molar-refractivity contribution in [1.82, 2.24) is 20.1 Å². The van der Waals surface area contributed by atoms with E-state index in [9.17, 15) is 0 Å². The Morgan fingerprint density at radius 3 is 3.05 bits per heavy atom. The number of hydrogen-bond donors (Lipinski definition) is 1. The van der Waals surface area contributed by atoms with Crippen LogP contribution in [0.4, 0.5) is 0 Å². The summed E-state index contributed by atoms with van der Waals surface area (Å²) in [5.41, 5.74) is 1.16. The fourth-order valence-corrected chi connectivity index (χ4v) is 2.19. The number of fused-ring (bicyclic) bond motifs is 1. The summed E-state index contributed by atoms with van der Waals surface area (Å²) in [6.07, 6.45) is 2.66. The Morgan fingerprint density at radius 2 is 2.15 bits per heavy atom. The zero-order chi connectivity index (χ0) is 13.8. The van der Waals surface area contributed by atoms with Gasteiger partial charge in [0.05, 0.1) is 6.54 Å². The van der Waals surface area contributed by atoms with Gasteiger partial charge in [0, 0.05) is 13.1 Å². The van der Waals surface area contributed by atoms with E-state index in [0.29, 0.717) is 13.3 Å². The van der Waals surface area contributed by atoms with E-state index in [1.807, 2.05) is 22.9 Å². The smallest absolute Gasteiger partial charge is 0.231 e. The van der Waals surface area contributed by atoms with E-state index in [-0.39, 0.29) is 0 Å². The van der Waals surface area contributed by atoms with E-state index >= 15 is 0 Å². The maximum absolute atomic E-state index is 5.37. The van der Waals surface area contributed by atoms with Gasteiger partial charge in [0.15, 0.2) is 11.5 Å². The summed E-state index contributed by atoms with van der Waals surface area (Å²) in [6.45, 7) is 4.81. The fraction of sp³-hybridized carbons (Fsp3) is 0.429. The molecule has 1 aliphatic heterocycles. The second kappa shape index (κ2) is 5.92. The van der Waals surface area contributed by atoms with Gasteiger partial charge in [-0.05, 0) is 24.1 Å². The molecule has 0 bridgehead atoms. The van der Waals surface area contributed by atoms with E-state index in [2.05, 4.69) is 22.3 Å². The highest BCUT2D eigenvalue weighted by Gasteiger charge is 2.13. The van der Waals surface area contributed by atoms with Crippen molar-refractivity contribution in [3.63, 3.8) is 0 Å². The highest BCUT2D eigenvalue weighted by atomic mass is 16.7. The molecule has 0 spiro atoms. The van der Waals surface area contributed by atoms with E-state index in [0.717, 1.165) is 42.4 Å². The first-order valence-corrected chi connectivity index (χ1v) is 6.82. The zero-order valence-corrected chi connectivity index (χ0v) is 11.5. The van der Waals surface area contributed by atoms with Gasteiger partial charge >= 0.3 is 0 Å². The summed E-state index contributed by atoms with van der Waals surface area (Å²) in [6, 6.07) is 5.99. The molecule has 6 nitrogen and oxygen atoms in total. The first kappa shape index (κ1) is 12.9. The first-order chi connectivity index (χ1) is 9.86. The topological polar surface area (TPSA) is 61.2 Å². The number of aryl methyl sites for hydroxylation is 1. The Bertz CT molecular complexity index is 582. The van der Waals surface area contributed by atoms with Crippen molar-refractivity contribution in [3.05, 3.63) is 35.9 Å². The first-order valence-electron chi connectivity index (χ1n) is 6.82. The third-order valence-corrected chi connectivity index (χ3v) is 3.18. The highest BCUT2D eigenvalue weighted by molar-refractivity contribution is 5.44. The molecular formula is C14H18N4O2. The molecule has 0 amide bonds. The van der Waals surface area contributed by atoms with Gasteiger partial charge in [0.25, 0.3) is 0 Å². The van der Waals surface area contributed by atoms with Crippen LogP contribution in [0, 0.1) is 0 Å². The summed E-state index contributed by atoms with van der Waals surface area (Å²) in [4.78, 5) is 4.27. The maximum atomic E-state index is 5.37. The van der Waals surface area contributed by atoms with Crippen molar-refractivity contribution >= 4 is 0 Å². The van der Waals surface area contributed by atoms with Gasteiger partial charge in [-0.2, -0.15) is 5.10 Å².